The number of nitrogens with two attached hydrogens (primary N) is 2. The van der Waals surface area contributed by atoms with E-state index in [1.807, 2.05) is 91.9 Å². The number of phenolic OH excluding ortho intramolecular Hbond substituents is 1. The third-order valence-corrected chi connectivity index (χ3v) is 8.94. The maximum atomic E-state index is 14.2. The van der Waals surface area contributed by atoms with E-state index in [9.17, 15) is 24.3 Å². The molecule has 0 bridgehead atoms. The molecule has 4 aromatic carbocycles. The summed E-state index contributed by atoms with van der Waals surface area (Å²) >= 11 is 0. The zero-order chi connectivity index (χ0) is 34.2. The summed E-state index contributed by atoms with van der Waals surface area (Å²) in [4.78, 5) is 56.0. The van der Waals surface area contributed by atoms with E-state index >= 15 is 0 Å². The minimum Gasteiger partial charge on any atom is -0.508 e. The van der Waals surface area contributed by atoms with Crippen LogP contribution in [0.15, 0.2) is 109 Å². The Balaban J connectivity index is 1.40. The molecule has 10 heteroatoms. The van der Waals surface area contributed by atoms with Gasteiger partial charge in [0.25, 0.3) is 0 Å². The van der Waals surface area contributed by atoms with Gasteiger partial charge < -0.3 is 32.1 Å². The first-order chi connectivity index (χ1) is 23.1. The molecule has 4 aromatic rings. The van der Waals surface area contributed by atoms with Crippen molar-refractivity contribution in [2.24, 2.45) is 11.5 Å². The third kappa shape index (κ3) is 8.26. The van der Waals surface area contributed by atoms with Gasteiger partial charge in [0.2, 0.25) is 23.6 Å². The minimum atomic E-state index is -1.07. The quantitative estimate of drug-likeness (QED) is 0.159. The third-order valence-electron chi connectivity index (χ3n) is 8.94. The Hall–Kier alpha value is -5.48. The Morgan fingerprint density at radius 2 is 1.31 bits per heavy atom. The molecule has 4 amide bonds. The summed E-state index contributed by atoms with van der Waals surface area (Å²) in [5, 5.41) is 15.4. The number of hydrogen-bond donors (Lipinski definition) is 5. The van der Waals surface area contributed by atoms with Crippen LogP contribution >= 0.6 is 0 Å². The number of rotatable bonds is 12. The average molecular weight is 648 g/mol. The Kier molecular flexibility index (Phi) is 10.9. The Labute approximate surface area is 280 Å². The second kappa shape index (κ2) is 15.4. The highest BCUT2D eigenvalue weighted by molar-refractivity contribution is 5.95. The molecule has 1 aliphatic heterocycles. The second-order valence-corrected chi connectivity index (χ2v) is 12.3. The lowest BCUT2D eigenvalue weighted by Gasteiger charge is -2.39. The number of primary amides is 1. The Morgan fingerprint density at radius 3 is 1.90 bits per heavy atom. The Bertz CT molecular complexity index is 1730. The fourth-order valence-electron chi connectivity index (χ4n) is 6.05. The number of carbonyl (C=O) groups excluding carboxylic acids is 4. The molecule has 48 heavy (non-hydrogen) atoms. The van der Waals surface area contributed by atoms with Gasteiger partial charge in [-0.3, -0.25) is 19.2 Å². The van der Waals surface area contributed by atoms with Gasteiger partial charge in [-0.1, -0.05) is 104 Å². The molecular weight excluding hydrogens is 606 g/mol. The number of hydrogen-bond acceptors (Lipinski definition) is 6. The highest BCUT2D eigenvalue weighted by Gasteiger charge is 2.39. The topological polar surface area (TPSA) is 168 Å². The standard InChI is InChI=1S/C38H41N5O5/c1-24(27-16-18-30(44)19-17-27)34(39)38(48)43-23-29-15-9-8-14-28(29)22-33(43)37(47)42-32(21-26-12-6-3-7-13-26)36(46)41-31(35(40)45)20-25-10-4-2-5-11-25/h2-19,24,31-34,44H,20-23,39H2,1H3,(H2,40,45)(H,41,46)(H,42,47)/t24-,31+,32+,33-,34-/m1/s1. The van der Waals surface area contributed by atoms with Gasteiger partial charge in [-0.15, -0.1) is 0 Å². The van der Waals surface area contributed by atoms with Crippen LogP contribution in [0, 0.1) is 0 Å². The number of aromatic hydroxyl groups is 1. The first-order valence-corrected chi connectivity index (χ1v) is 16.0. The lowest BCUT2D eigenvalue weighted by atomic mass is 9.89. The summed E-state index contributed by atoms with van der Waals surface area (Å²) in [5.41, 5.74) is 16.4. The van der Waals surface area contributed by atoms with Crippen molar-refractivity contribution in [3.63, 3.8) is 0 Å². The SMILES string of the molecule is C[C@H](c1ccc(O)cc1)[C@@H](N)C(=O)N1Cc2ccccc2C[C@@H]1C(=O)N[C@@H](Cc1ccccc1)C(=O)N[C@@H](Cc1ccccc1)C(N)=O. The van der Waals surface area contributed by atoms with Gasteiger partial charge in [0.05, 0.1) is 6.04 Å². The maximum Gasteiger partial charge on any atom is 0.243 e. The number of nitrogens with one attached hydrogen (secondary N) is 2. The normalized spacial score (nSPS) is 16.5. The van der Waals surface area contributed by atoms with Crippen molar-refractivity contribution in [1.82, 2.24) is 15.5 Å². The van der Waals surface area contributed by atoms with Gasteiger partial charge in [-0.2, -0.15) is 0 Å². The average Bonchev–Trinajstić information content (AvgIpc) is 3.10. The molecule has 0 aliphatic carbocycles. The van der Waals surface area contributed by atoms with Crippen molar-refractivity contribution >= 4 is 23.6 Å². The van der Waals surface area contributed by atoms with Crippen LogP contribution in [0.1, 0.15) is 40.7 Å². The fourth-order valence-corrected chi connectivity index (χ4v) is 6.05. The molecule has 1 heterocycles. The molecule has 248 valence electrons. The van der Waals surface area contributed by atoms with E-state index in [-0.39, 0.29) is 31.6 Å². The highest BCUT2D eigenvalue weighted by Crippen LogP contribution is 2.28. The van der Waals surface area contributed by atoms with Crippen LogP contribution < -0.4 is 22.1 Å². The maximum absolute atomic E-state index is 14.2. The van der Waals surface area contributed by atoms with E-state index < -0.39 is 53.7 Å². The van der Waals surface area contributed by atoms with Crippen molar-refractivity contribution in [2.75, 3.05) is 0 Å². The molecule has 0 unspecified atom stereocenters. The minimum absolute atomic E-state index is 0.103. The molecular formula is C38H41N5O5. The fraction of sp³-hybridized carbons (Fsp3) is 0.263. The summed E-state index contributed by atoms with van der Waals surface area (Å²) in [7, 11) is 0. The number of phenols is 1. The van der Waals surface area contributed by atoms with E-state index in [1.165, 1.54) is 17.0 Å². The summed E-state index contributed by atoms with van der Waals surface area (Å²) < 4.78 is 0. The van der Waals surface area contributed by atoms with Gasteiger partial charge in [0.15, 0.2) is 0 Å². The molecule has 0 radical (unpaired) electrons. The van der Waals surface area contributed by atoms with Gasteiger partial charge >= 0.3 is 0 Å². The molecule has 0 saturated carbocycles. The smallest absolute Gasteiger partial charge is 0.243 e. The molecule has 0 spiro atoms. The molecule has 0 fully saturated rings. The van der Waals surface area contributed by atoms with Gasteiger partial charge in [-0.25, -0.2) is 0 Å². The molecule has 0 saturated heterocycles. The van der Waals surface area contributed by atoms with Gasteiger partial charge in [0, 0.05) is 31.7 Å². The van der Waals surface area contributed by atoms with Crippen LogP contribution in [0.5, 0.6) is 5.75 Å². The lowest BCUT2D eigenvalue weighted by molar-refractivity contribution is -0.144. The second-order valence-electron chi connectivity index (χ2n) is 12.3. The highest BCUT2D eigenvalue weighted by atomic mass is 16.3. The van der Waals surface area contributed by atoms with E-state index in [2.05, 4.69) is 10.6 Å². The zero-order valence-corrected chi connectivity index (χ0v) is 26.8. The van der Waals surface area contributed by atoms with E-state index in [1.54, 1.807) is 12.1 Å². The number of fused-ring (bicyclic) bond motifs is 1. The van der Waals surface area contributed by atoms with E-state index in [0.717, 1.165) is 27.8 Å². The summed E-state index contributed by atoms with van der Waals surface area (Å²) in [6.45, 7) is 1.99. The molecule has 5 rings (SSSR count). The van der Waals surface area contributed by atoms with Crippen molar-refractivity contribution in [1.29, 1.82) is 0 Å². The summed E-state index contributed by atoms with van der Waals surface area (Å²) in [5.74, 6) is -2.51. The number of amides is 4. The largest absolute Gasteiger partial charge is 0.508 e. The van der Waals surface area contributed by atoms with E-state index in [4.69, 9.17) is 11.5 Å². The van der Waals surface area contributed by atoms with Crippen molar-refractivity contribution in [3.05, 3.63) is 137 Å². The van der Waals surface area contributed by atoms with Crippen molar-refractivity contribution < 1.29 is 24.3 Å². The van der Waals surface area contributed by atoms with Crippen LogP contribution in [0.3, 0.4) is 0 Å². The number of benzene rings is 4. The van der Waals surface area contributed by atoms with Gasteiger partial charge in [-0.05, 0) is 39.9 Å². The number of carbonyl (C=O) groups is 4. The van der Waals surface area contributed by atoms with E-state index in [0.29, 0.717) is 0 Å². The lowest BCUT2D eigenvalue weighted by Crippen LogP contribution is -2.60. The van der Waals surface area contributed by atoms with Gasteiger partial charge in [0.1, 0.15) is 23.9 Å². The monoisotopic (exact) mass is 647 g/mol. The number of nitrogens with zero attached hydrogens (tertiary/aromatic N) is 1. The van der Waals surface area contributed by atoms with Crippen LogP contribution in [-0.4, -0.2) is 57.8 Å². The van der Waals surface area contributed by atoms with Crippen LogP contribution in [0.25, 0.3) is 0 Å². The van der Waals surface area contributed by atoms with Crippen molar-refractivity contribution in [3.8, 4) is 5.75 Å². The predicted molar refractivity (Wildman–Crippen MR) is 182 cm³/mol. The van der Waals surface area contributed by atoms with Crippen LogP contribution in [-0.2, 0) is 45.0 Å². The van der Waals surface area contributed by atoms with Crippen LogP contribution in [0.4, 0.5) is 0 Å². The summed E-state index contributed by atoms with van der Waals surface area (Å²) in [6.07, 6.45) is 0.558. The molecule has 1 aliphatic rings. The van der Waals surface area contributed by atoms with Crippen LogP contribution in [0.2, 0.25) is 0 Å². The molecule has 7 N–H and O–H groups in total. The molecule has 0 aromatic heterocycles. The summed E-state index contributed by atoms with van der Waals surface area (Å²) in [6, 6.07) is 28.5. The predicted octanol–water partition coefficient (Wildman–Crippen LogP) is 2.72. The first kappa shape index (κ1) is 33.9. The molecule has 10 nitrogen and oxygen atoms in total. The van der Waals surface area contributed by atoms with Crippen molar-refractivity contribution in [2.45, 2.75) is 62.8 Å². The zero-order valence-electron chi connectivity index (χ0n) is 26.8. The first-order valence-electron chi connectivity index (χ1n) is 16.0. The Morgan fingerprint density at radius 1 is 0.771 bits per heavy atom. The molecule has 5 atom stereocenters.